The number of methoxy groups -OCH3 is 2. The second kappa shape index (κ2) is 8.38. The molecule has 1 aromatic rings. The summed E-state index contributed by atoms with van der Waals surface area (Å²) in [6.07, 6.45) is 2.60. The van der Waals surface area contributed by atoms with Crippen LogP contribution in [0.25, 0.3) is 0 Å². The largest absolute Gasteiger partial charge is 0.493 e. The maximum Gasteiger partial charge on any atom is 0.225 e. The summed E-state index contributed by atoms with van der Waals surface area (Å²) in [5.41, 5.74) is 1.06. The standard InChI is InChI=1S/C18H24N2O4/c1-4-8-19-18(22)14-11-17(21)20(12-14)9-7-13-5-6-15(23-2)16(10-13)24-3/h4-6,10,14H,1,7-9,11-12H2,2-3H3,(H,19,22)/t14-/m0/s1. The molecule has 1 atom stereocenters. The van der Waals surface area contributed by atoms with E-state index >= 15 is 0 Å². The summed E-state index contributed by atoms with van der Waals surface area (Å²) in [4.78, 5) is 25.8. The molecule has 0 radical (unpaired) electrons. The van der Waals surface area contributed by atoms with E-state index in [1.54, 1.807) is 25.2 Å². The highest BCUT2D eigenvalue weighted by Crippen LogP contribution is 2.28. The van der Waals surface area contributed by atoms with Crippen LogP contribution < -0.4 is 14.8 Å². The van der Waals surface area contributed by atoms with E-state index in [1.807, 2.05) is 18.2 Å². The van der Waals surface area contributed by atoms with Gasteiger partial charge in [0.1, 0.15) is 0 Å². The lowest BCUT2D eigenvalue weighted by Crippen LogP contribution is -2.33. The molecule has 0 spiro atoms. The fourth-order valence-electron chi connectivity index (χ4n) is 2.78. The highest BCUT2D eigenvalue weighted by atomic mass is 16.5. The molecule has 0 aromatic heterocycles. The molecule has 1 heterocycles. The highest BCUT2D eigenvalue weighted by Gasteiger charge is 2.33. The van der Waals surface area contributed by atoms with Crippen LogP contribution in [-0.2, 0) is 16.0 Å². The quantitative estimate of drug-likeness (QED) is 0.731. The molecule has 2 rings (SSSR count). The van der Waals surface area contributed by atoms with Crippen LogP contribution in [-0.4, -0.2) is 50.6 Å². The summed E-state index contributed by atoms with van der Waals surface area (Å²) < 4.78 is 10.5. The van der Waals surface area contributed by atoms with Crippen LogP contribution in [0.5, 0.6) is 11.5 Å². The van der Waals surface area contributed by atoms with Gasteiger partial charge in [-0.2, -0.15) is 0 Å². The molecule has 6 heteroatoms. The molecular weight excluding hydrogens is 308 g/mol. The van der Waals surface area contributed by atoms with E-state index in [0.717, 1.165) is 5.56 Å². The molecule has 0 saturated carbocycles. The van der Waals surface area contributed by atoms with Gasteiger partial charge in [0.25, 0.3) is 0 Å². The van der Waals surface area contributed by atoms with Crippen molar-refractivity contribution in [2.45, 2.75) is 12.8 Å². The fraction of sp³-hybridized carbons (Fsp3) is 0.444. The van der Waals surface area contributed by atoms with Crippen LogP contribution in [0.15, 0.2) is 30.9 Å². The summed E-state index contributed by atoms with van der Waals surface area (Å²) in [6.45, 7) is 5.04. The average molecular weight is 332 g/mol. The SMILES string of the molecule is C=CCNC(=O)[C@H]1CC(=O)N(CCc2ccc(OC)c(OC)c2)C1. The lowest BCUT2D eigenvalue weighted by Gasteiger charge is -2.17. The molecule has 0 aliphatic carbocycles. The zero-order valence-electron chi connectivity index (χ0n) is 14.2. The van der Waals surface area contributed by atoms with Gasteiger partial charge in [0.05, 0.1) is 20.1 Å². The van der Waals surface area contributed by atoms with Crippen molar-refractivity contribution < 1.29 is 19.1 Å². The number of amides is 2. The topological polar surface area (TPSA) is 67.9 Å². The van der Waals surface area contributed by atoms with E-state index < -0.39 is 0 Å². The van der Waals surface area contributed by atoms with Gasteiger partial charge >= 0.3 is 0 Å². The van der Waals surface area contributed by atoms with E-state index in [-0.39, 0.29) is 24.2 Å². The van der Waals surface area contributed by atoms with Gasteiger partial charge in [0.2, 0.25) is 11.8 Å². The molecule has 1 aliphatic heterocycles. The van der Waals surface area contributed by atoms with Crippen molar-refractivity contribution in [2.24, 2.45) is 5.92 Å². The number of carbonyl (C=O) groups excluding carboxylic acids is 2. The first kappa shape index (κ1) is 17.8. The van der Waals surface area contributed by atoms with E-state index in [4.69, 9.17) is 9.47 Å². The third-order valence-corrected chi connectivity index (χ3v) is 4.12. The van der Waals surface area contributed by atoms with Gasteiger partial charge < -0.3 is 19.7 Å². The van der Waals surface area contributed by atoms with Crippen LogP contribution in [0.1, 0.15) is 12.0 Å². The second-order valence-electron chi connectivity index (χ2n) is 5.71. The van der Waals surface area contributed by atoms with Crippen LogP contribution in [0.2, 0.25) is 0 Å². The van der Waals surface area contributed by atoms with Crippen molar-refractivity contribution in [2.75, 3.05) is 33.9 Å². The predicted molar refractivity (Wildman–Crippen MR) is 91.1 cm³/mol. The molecular formula is C18H24N2O4. The molecule has 0 unspecified atom stereocenters. The Morgan fingerprint density at radius 3 is 2.79 bits per heavy atom. The number of rotatable bonds is 8. The van der Waals surface area contributed by atoms with Gasteiger partial charge in [0, 0.05) is 26.1 Å². The third-order valence-electron chi connectivity index (χ3n) is 4.12. The van der Waals surface area contributed by atoms with E-state index in [9.17, 15) is 9.59 Å². The van der Waals surface area contributed by atoms with Gasteiger partial charge in [-0.1, -0.05) is 12.1 Å². The molecule has 0 bridgehead atoms. The van der Waals surface area contributed by atoms with Gasteiger partial charge in [0.15, 0.2) is 11.5 Å². The van der Waals surface area contributed by atoms with Crippen LogP contribution in [0.4, 0.5) is 0 Å². The Kier molecular flexibility index (Phi) is 6.23. The number of nitrogens with one attached hydrogen (secondary N) is 1. The smallest absolute Gasteiger partial charge is 0.225 e. The highest BCUT2D eigenvalue weighted by molar-refractivity contribution is 5.89. The monoisotopic (exact) mass is 332 g/mol. The minimum Gasteiger partial charge on any atom is -0.493 e. The number of nitrogens with zero attached hydrogens (tertiary/aromatic N) is 1. The van der Waals surface area contributed by atoms with Crippen molar-refractivity contribution in [3.05, 3.63) is 36.4 Å². The molecule has 1 fully saturated rings. The van der Waals surface area contributed by atoms with E-state index in [1.165, 1.54) is 0 Å². The maximum absolute atomic E-state index is 12.1. The summed E-state index contributed by atoms with van der Waals surface area (Å²) in [5, 5.41) is 2.75. The molecule has 24 heavy (non-hydrogen) atoms. The van der Waals surface area contributed by atoms with Crippen molar-refractivity contribution >= 4 is 11.8 Å². The Bertz CT molecular complexity index is 615. The molecule has 130 valence electrons. The maximum atomic E-state index is 12.1. The van der Waals surface area contributed by atoms with Crippen molar-refractivity contribution in [3.63, 3.8) is 0 Å². The van der Waals surface area contributed by atoms with Gasteiger partial charge in [-0.3, -0.25) is 9.59 Å². The van der Waals surface area contributed by atoms with Crippen LogP contribution in [0, 0.1) is 5.92 Å². The van der Waals surface area contributed by atoms with Crippen molar-refractivity contribution in [1.29, 1.82) is 0 Å². The molecule has 2 amide bonds. The van der Waals surface area contributed by atoms with Crippen LogP contribution >= 0.6 is 0 Å². The number of carbonyl (C=O) groups is 2. The first-order valence-corrected chi connectivity index (χ1v) is 7.96. The zero-order valence-corrected chi connectivity index (χ0v) is 14.2. The third kappa shape index (κ3) is 4.28. The molecule has 1 aliphatic rings. The lowest BCUT2D eigenvalue weighted by atomic mass is 10.1. The Balaban J connectivity index is 1.91. The Morgan fingerprint density at radius 1 is 1.38 bits per heavy atom. The van der Waals surface area contributed by atoms with Crippen molar-refractivity contribution in [3.8, 4) is 11.5 Å². The number of ether oxygens (including phenoxy) is 2. The Morgan fingerprint density at radius 2 is 2.12 bits per heavy atom. The van der Waals surface area contributed by atoms with Crippen molar-refractivity contribution in [1.82, 2.24) is 10.2 Å². The minimum absolute atomic E-state index is 0.0224. The van der Waals surface area contributed by atoms with Gasteiger partial charge in [-0.25, -0.2) is 0 Å². The number of benzene rings is 1. The molecule has 6 nitrogen and oxygen atoms in total. The zero-order chi connectivity index (χ0) is 17.5. The summed E-state index contributed by atoms with van der Waals surface area (Å²) in [6, 6.07) is 5.72. The Labute approximate surface area is 142 Å². The van der Waals surface area contributed by atoms with E-state index in [0.29, 0.717) is 37.6 Å². The van der Waals surface area contributed by atoms with E-state index in [2.05, 4.69) is 11.9 Å². The molecule has 1 aromatic carbocycles. The number of likely N-dealkylation sites (tertiary alicyclic amines) is 1. The first-order chi connectivity index (χ1) is 11.6. The normalized spacial score (nSPS) is 16.8. The van der Waals surface area contributed by atoms with Gasteiger partial charge in [-0.15, -0.1) is 6.58 Å². The lowest BCUT2D eigenvalue weighted by molar-refractivity contribution is -0.128. The Hall–Kier alpha value is -2.50. The summed E-state index contributed by atoms with van der Waals surface area (Å²) in [7, 11) is 3.19. The van der Waals surface area contributed by atoms with Crippen LogP contribution in [0.3, 0.4) is 0 Å². The number of hydrogen-bond acceptors (Lipinski definition) is 4. The average Bonchev–Trinajstić information content (AvgIpc) is 2.98. The minimum atomic E-state index is -0.275. The summed E-state index contributed by atoms with van der Waals surface area (Å²) >= 11 is 0. The predicted octanol–water partition coefficient (Wildman–Crippen LogP) is 1.40. The second-order valence-corrected chi connectivity index (χ2v) is 5.71. The molecule has 1 N–H and O–H groups in total. The summed E-state index contributed by atoms with van der Waals surface area (Å²) in [5.74, 6) is 1.01. The van der Waals surface area contributed by atoms with Gasteiger partial charge in [-0.05, 0) is 24.1 Å². The number of hydrogen-bond donors (Lipinski definition) is 1. The fourth-order valence-corrected chi connectivity index (χ4v) is 2.78. The first-order valence-electron chi connectivity index (χ1n) is 7.96. The molecule has 1 saturated heterocycles.